The number of carbonyl (C=O) groups is 1. The maximum Gasteiger partial charge on any atom is 0.317 e. The highest BCUT2D eigenvalue weighted by Gasteiger charge is 2.24. The average Bonchev–Trinajstić information content (AvgIpc) is 2.59. The van der Waals surface area contributed by atoms with Gasteiger partial charge in [-0.2, -0.15) is 0 Å². The molecule has 0 fully saturated rings. The zero-order valence-electron chi connectivity index (χ0n) is 14.7. The van der Waals surface area contributed by atoms with Crippen molar-refractivity contribution in [3.8, 4) is 0 Å². The van der Waals surface area contributed by atoms with Crippen LogP contribution in [0.3, 0.4) is 0 Å². The van der Waals surface area contributed by atoms with Gasteiger partial charge in [-0.3, -0.25) is 4.79 Å². The molecule has 0 aliphatic heterocycles. The molecule has 0 aromatic heterocycles. The van der Waals surface area contributed by atoms with E-state index in [2.05, 4.69) is 30.9 Å². The van der Waals surface area contributed by atoms with Crippen LogP contribution in [0.4, 0.5) is 11.4 Å². The highest BCUT2D eigenvalue weighted by Crippen LogP contribution is 2.28. The molecule has 0 heterocycles. The van der Waals surface area contributed by atoms with Crippen molar-refractivity contribution < 1.29 is 9.53 Å². The molecule has 24 heavy (non-hydrogen) atoms. The van der Waals surface area contributed by atoms with Gasteiger partial charge in [-0.15, -0.1) is 0 Å². The topological polar surface area (TPSA) is 55.6 Å². The van der Waals surface area contributed by atoms with E-state index in [4.69, 9.17) is 10.5 Å². The minimum absolute atomic E-state index is 0.238. The van der Waals surface area contributed by atoms with Crippen molar-refractivity contribution >= 4 is 17.3 Å². The third-order valence-corrected chi connectivity index (χ3v) is 4.15. The van der Waals surface area contributed by atoms with E-state index < -0.39 is 5.92 Å². The summed E-state index contributed by atoms with van der Waals surface area (Å²) in [6.07, 6.45) is 0. The first-order valence-corrected chi connectivity index (χ1v) is 8.47. The fraction of sp³-hybridized carbons (Fsp3) is 0.350. The van der Waals surface area contributed by atoms with Gasteiger partial charge >= 0.3 is 5.97 Å². The van der Waals surface area contributed by atoms with Crippen LogP contribution in [-0.2, 0) is 9.53 Å². The molecule has 0 radical (unpaired) electrons. The summed E-state index contributed by atoms with van der Waals surface area (Å²) in [4.78, 5) is 14.8. The second-order valence-electron chi connectivity index (χ2n) is 5.62. The lowest BCUT2D eigenvalue weighted by atomic mass is 9.91. The van der Waals surface area contributed by atoms with Crippen LogP contribution in [-0.4, -0.2) is 25.7 Å². The first-order chi connectivity index (χ1) is 11.6. The summed E-state index contributed by atoms with van der Waals surface area (Å²) in [6.45, 7) is 8.36. The maximum atomic E-state index is 12.5. The van der Waals surface area contributed by atoms with E-state index in [1.54, 1.807) is 0 Å². The summed E-state index contributed by atoms with van der Waals surface area (Å²) in [6, 6.07) is 15.5. The minimum Gasteiger partial charge on any atom is -0.465 e. The Hall–Kier alpha value is -2.49. The van der Waals surface area contributed by atoms with Crippen LogP contribution in [0.2, 0.25) is 0 Å². The number of esters is 1. The Kier molecular flexibility index (Phi) is 6.24. The molecule has 128 valence electrons. The van der Waals surface area contributed by atoms with Crippen molar-refractivity contribution in [3.05, 3.63) is 59.7 Å². The molecular formula is C20H26N2O2. The summed E-state index contributed by atoms with van der Waals surface area (Å²) in [7, 11) is 0. The monoisotopic (exact) mass is 326 g/mol. The van der Waals surface area contributed by atoms with Gasteiger partial charge in [-0.1, -0.05) is 24.3 Å². The molecule has 0 spiro atoms. The number of hydrogen-bond acceptors (Lipinski definition) is 4. The van der Waals surface area contributed by atoms with Crippen LogP contribution in [0.25, 0.3) is 0 Å². The predicted octanol–water partition coefficient (Wildman–Crippen LogP) is 3.81. The van der Waals surface area contributed by atoms with Gasteiger partial charge in [-0.05, 0) is 56.2 Å². The van der Waals surface area contributed by atoms with Gasteiger partial charge in [0, 0.05) is 24.5 Å². The van der Waals surface area contributed by atoms with Gasteiger partial charge in [0.05, 0.1) is 6.61 Å². The number of rotatable bonds is 7. The van der Waals surface area contributed by atoms with E-state index in [0.29, 0.717) is 12.3 Å². The summed E-state index contributed by atoms with van der Waals surface area (Å²) in [5.41, 5.74) is 9.41. The minimum atomic E-state index is -0.434. The van der Waals surface area contributed by atoms with Crippen molar-refractivity contribution in [3.63, 3.8) is 0 Å². The second kappa shape index (κ2) is 8.39. The van der Waals surface area contributed by atoms with E-state index in [9.17, 15) is 4.79 Å². The third kappa shape index (κ3) is 4.07. The van der Waals surface area contributed by atoms with Gasteiger partial charge in [0.15, 0.2) is 0 Å². The molecule has 1 unspecified atom stereocenters. The van der Waals surface area contributed by atoms with Crippen LogP contribution in [0.15, 0.2) is 48.5 Å². The van der Waals surface area contributed by atoms with E-state index in [0.717, 1.165) is 29.9 Å². The van der Waals surface area contributed by atoms with Gasteiger partial charge in [-0.25, -0.2) is 0 Å². The van der Waals surface area contributed by atoms with Gasteiger partial charge in [0.25, 0.3) is 0 Å². The van der Waals surface area contributed by atoms with Gasteiger partial charge in [0.2, 0.25) is 0 Å². The lowest BCUT2D eigenvalue weighted by Crippen LogP contribution is -2.22. The highest BCUT2D eigenvalue weighted by atomic mass is 16.5. The van der Waals surface area contributed by atoms with Crippen molar-refractivity contribution in [2.24, 2.45) is 0 Å². The summed E-state index contributed by atoms with van der Waals surface area (Å²) in [5, 5.41) is 0. The van der Waals surface area contributed by atoms with Crippen LogP contribution in [0.5, 0.6) is 0 Å². The van der Waals surface area contributed by atoms with E-state index >= 15 is 0 Å². The molecule has 0 saturated heterocycles. The molecule has 0 aliphatic rings. The summed E-state index contributed by atoms with van der Waals surface area (Å²) in [5.74, 6) is -0.672. The molecule has 2 aromatic carbocycles. The number of nitrogens with two attached hydrogens (primary N) is 1. The molecule has 0 amide bonds. The molecule has 2 aromatic rings. The fourth-order valence-corrected chi connectivity index (χ4v) is 2.85. The normalized spacial score (nSPS) is 11.8. The lowest BCUT2D eigenvalue weighted by molar-refractivity contribution is -0.143. The van der Waals surface area contributed by atoms with Crippen LogP contribution < -0.4 is 10.6 Å². The standard InChI is InChI=1S/C20H26N2O2/c1-4-22(5-2)18-13-9-16(10-14-18)19(20(23)24-6-3)15-7-11-17(21)12-8-15/h7-14,19H,4-6,21H2,1-3H3. The smallest absolute Gasteiger partial charge is 0.317 e. The van der Waals surface area contributed by atoms with Gasteiger partial charge < -0.3 is 15.4 Å². The zero-order valence-corrected chi connectivity index (χ0v) is 14.7. The molecular weight excluding hydrogens is 300 g/mol. The van der Waals surface area contributed by atoms with Crippen LogP contribution in [0.1, 0.15) is 37.8 Å². The first-order valence-electron chi connectivity index (χ1n) is 8.47. The second-order valence-corrected chi connectivity index (χ2v) is 5.62. The van der Waals surface area contributed by atoms with Crippen LogP contribution >= 0.6 is 0 Å². The largest absolute Gasteiger partial charge is 0.465 e. The number of carbonyl (C=O) groups excluding carboxylic acids is 1. The average molecular weight is 326 g/mol. The molecule has 2 rings (SSSR count). The van der Waals surface area contributed by atoms with Crippen molar-refractivity contribution in [2.75, 3.05) is 30.3 Å². The molecule has 0 saturated carbocycles. The Morgan fingerprint density at radius 2 is 1.46 bits per heavy atom. The Morgan fingerprint density at radius 1 is 0.958 bits per heavy atom. The van der Waals surface area contributed by atoms with Crippen molar-refractivity contribution in [1.29, 1.82) is 0 Å². The molecule has 0 aliphatic carbocycles. The molecule has 4 nitrogen and oxygen atoms in total. The van der Waals surface area contributed by atoms with Crippen molar-refractivity contribution in [1.82, 2.24) is 0 Å². The number of hydrogen-bond donors (Lipinski definition) is 1. The van der Waals surface area contributed by atoms with E-state index in [-0.39, 0.29) is 5.97 Å². The Balaban J connectivity index is 2.36. The maximum absolute atomic E-state index is 12.5. The van der Waals surface area contributed by atoms with E-state index in [1.165, 1.54) is 0 Å². The Bertz CT molecular complexity index is 646. The number of ether oxygens (including phenoxy) is 1. The molecule has 4 heteroatoms. The van der Waals surface area contributed by atoms with E-state index in [1.807, 2.05) is 43.3 Å². The quantitative estimate of drug-likeness (QED) is 0.621. The van der Waals surface area contributed by atoms with Gasteiger partial charge in [0.1, 0.15) is 5.92 Å². The summed E-state index contributed by atoms with van der Waals surface area (Å²) >= 11 is 0. The third-order valence-electron chi connectivity index (χ3n) is 4.15. The number of anilines is 2. The van der Waals surface area contributed by atoms with Crippen molar-refractivity contribution in [2.45, 2.75) is 26.7 Å². The number of nitrogens with zero attached hydrogens (tertiary/aromatic N) is 1. The molecule has 0 bridgehead atoms. The number of benzene rings is 2. The Labute approximate surface area is 144 Å². The SMILES string of the molecule is CCOC(=O)C(c1ccc(N)cc1)c1ccc(N(CC)CC)cc1. The number of nitrogen functional groups attached to an aromatic ring is 1. The lowest BCUT2D eigenvalue weighted by Gasteiger charge is -2.22. The molecule has 1 atom stereocenters. The fourth-order valence-electron chi connectivity index (χ4n) is 2.85. The summed E-state index contributed by atoms with van der Waals surface area (Å²) < 4.78 is 5.28. The zero-order chi connectivity index (χ0) is 17.5. The highest BCUT2D eigenvalue weighted by molar-refractivity contribution is 5.82. The Morgan fingerprint density at radius 3 is 1.92 bits per heavy atom. The predicted molar refractivity (Wildman–Crippen MR) is 99.3 cm³/mol. The first kappa shape index (κ1) is 17.9. The molecule has 2 N–H and O–H groups in total. The van der Waals surface area contributed by atoms with Crippen LogP contribution in [0, 0.1) is 0 Å².